The van der Waals surface area contributed by atoms with Crippen molar-refractivity contribution in [2.24, 2.45) is 10.9 Å². The molecule has 2 heterocycles. The van der Waals surface area contributed by atoms with Crippen LogP contribution in [-0.2, 0) is 11.3 Å². The molecule has 24 heavy (non-hydrogen) atoms. The van der Waals surface area contributed by atoms with E-state index in [-0.39, 0.29) is 24.0 Å². The summed E-state index contributed by atoms with van der Waals surface area (Å²) in [5.74, 6) is 2.16. The largest absolute Gasteiger partial charge is 0.478 e. The molecule has 1 N–H and O–H groups in total. The van der Waals surface area contributed by atoms with Crippen LogP contribution < -0.4 is 10.1 Å². The fraction of sp³-hybridized carbons (Fsp3) is 0.647. The van der Waals surface area contributed by atoms with Crippen molar-refractivity contribution < 1.29 is 9.47 Å². The number of guanidine groups is 1. The Labute approximate surface area is 162 Å². The minimum atomic E-state index is 0. The Hall–Kier alpha value is -1.09. The zero-order valence-electron chi connectivity index (χ0n) is 14.8. The molecule has 0 aromatic carbocycles. The molecule has 6 nitrogen and oxygen atoms in total. The molecule has 1 saturated heterocycles. The Morgan fingerprint density at radius 3 is 3.00 bits per heavy atom. The van der Waals surface area contributed by atoms with Gasteiger partial charge in [0.25, 0.3) is 0 Å². The molecule has 0 bridgehead atoms. The molecule has 1 aromatic heterocycles. The second-order valence-corrected chi connectivity index (χ2v) is 5.68. The van der Waals surface area contributed by atoms with Gasteiger partial charge in [-0.25, -0.2) is 9.98 Å². The summed E-state index contributed by atoms with van der Waals surface area (Å²) in [5, 5.41) is 3.35. The van der Waals surface area contributed by atoms with Crippen molar-refractivity contribution in [2.45, 2.75) is 26.8 Å². The molecule has 1 atom stereocenters. The van der Waals surface area contributed by atoms with Crippen LogP contribution in [0.4, 0.5) is 0 Å². The summed E-state index contributed by atoms with van der Waals surface area (Å²) in [7, 11) is 2.08. The summed E-state index contributed by atoms with van der Waals surface area (Å²) < 4.78 is 11.0. The van der Waals surface area contributed by atoms with Crippen LogP contribution in [0.5, 0.6) is 5.88 Å². The number of aromatic nitrogens is 1. The smallest absolute Gasteiger partial charge is 0.218 e. The van der Waals surface area contributed by atoms with Gasteiger partial charge in [0.2, 0.25) is 5.88 Å². The van der Waals surface area contributed by atoms with Gasteiger partial charge >= 0.3 is 0 Å². The van der Waals surface area contributed by atoms with E-state index in [1.54, 1.807) is 6.20 Å². The van der Waals surface area contributed by atoms with Gasteiger partial charge in [-0.1, -0.05) is 6.07 Å². The summed E-state index contributed by atoms with van der Waals surface area (Å²) in [6.07, 6.45) is 2.87. The first-order valence-electron chi connectivity index (χ1n) is 8.38. The Morgan fingerprint density at radius 2 is 2.33 bits per heavy atom. The molecule has 1 unspecified atom stereocenters. The zero-order chi connectivity index (χ0) is 16.5. The van der Waals surface area contributed by atoms with Crippen molar-refractivity contribution in [3.05, 3.63) is 23.9 Å². The van der Waals surface area contributed by atoms with E-state index in [4.69, 9.17) is 14.5 Å². The van der Waals surface area contributed by atoms with Gasteiger partial charge in [-0.05, 0) is 26.3 Å². The third kappa shape index (κ3) is 6.43. The van der Waals surface area contributed by atoms with E-state index >= 15 is 0 Å². The predicted molar refractivity (Wildman–Crippen MR) is 107 cm³/mol. The van der Waals surface area contributed by atoms with Gasteiger partial charge in [0.1, 0.15) is 0 Å². The van der Waals surface area contributed by atoms with Crippen molar-refractivity contribution in [2.75, 3.05) is 40.0 Å². The molecule has 0 aliphatic carbocycles. The molecular formula is C17H29IN4O2. The van der Waals surface area contributed by atoms with Gasteiger partial charge in [-0.2, -0.15) is 0 Å². The van der Waals surface area contributed by atoms with E-state index in [9.17, 15) is 0 Å². The maximum Gasteiger partial charge on any atom is 0.218 e. The lowest BCUT2D eigenvalue weighted by atomic mass is 10.1. The molecule has 1 aliphatic heterocycles. The quantitative estimate of drug-likeness (QED) is 0.395. The highest BCUT2D eigenvalue weighted by Gasteiger charge is 2.19. The van der Waals surface area contributed by atoms with E-state index in [1.807, 2.05) is 19.1 Å². The Balaban J connectivity index is 0.00000288. The molecule has 1 aliphatic rings. The number of pyridine rings is 1. The first kappa shape index (κ1) is 21.0. The van der Waals surface area contributed by atoms with Crippen molar-refractivity contribution >= 4 is 29.9 Å². The minimum absolute atomic E-state index is 0. The number of nitrogens with zero attached hydrogens (tertiary/aromatic N) is 3. The molecule has 7 heteroatoms. The average Bonchev–Trinajstić information content (AvgIpc) is 3.06. The number of nitrogens with one attached hydrogen (secondary N) is 1. The van der Waals surface area contributed by atoms with Crippen LogP contribution in [0.15, 0.2) is 23.3 Å². The van der Waals surface area contributed by atoms with Gasteiger partial charge in [0, 0.05) is 44.4 Å². The molecule has 0 radical (unpaired) electrons. The van der Waals surface area contributed by atoms with Gasteiger partial charge in [0.15, 0.2) is 5.96 Å². The van der Waals surface area contributed by atoms with Crippen LogP contribution in [0.2, 0.25) is 0 Å². The summed E-state index contributed by atoms with van der Waals surface area (Å²) in [5.41, 5.74) is 1.00. The normalized spacial score (nSPS) is 17.3. The van der Waals surface area contributed by atoms with E-state index in [0.29, 0.717) is 24.9 Å². The number of aliphatic imine (C=N–C) groups is 1. The van der Waals surface area contributed by atoms with Crippen molar-refractivity contribution in [1.29, 1.82) is 0 Å². The maximum atomic E-state index is 5.57. The first-order valence-corrected chi connectivity index (χ1v) is 8.38. The third-order valence-corrected chi connectivity index (χ3v) is 3.78. The Bertz CT molecular complexity index is 507. The zero-order valence-corrected chi connectivity index (χ0v) is 17.2. The highest BCUT2D eigenvalue weighted by Crippen LogP contribution is 2.16. The number of rotatable bonds is 7. The van der Waals surface area contributed by atoms with E-state index in [2.05, 4.69) is 29.2 Å². The lowest BCUT2D eigenvalue weighted by Crippen LogP contribution is -2.41. The fourth-order valence-corrected chi connectivity index (χ4v) is 2.64. The van der Waals surface area contributed by atoms with Crippen molar-refractivity contribution in [3.8, 4) is 5.88 Å². The van der Waals surface area contributed by atoms with Gasteiger partial charge in [-0.15, -0.1) is 24.0 Å². The molecule has 1 fully saturated rings. The third-order valence-electron chi connectivity index (χ3n) is 3.78. The lowest BCUT2D eigenvalue weighted by molar-refractivity contribution is 0.181. The SMILES string of the molecule is CCNC(=NCc1cccnc1OCC)N(C)CC1CCOC1.I. The second-order valence-electron chi connectivity index (χ2n) is 5.68. The topological polar surface area (TPSA) is 59.0 Å². The highest BCUT2D eigenvalue weighted by atomic mass is 127. The van der Waals surface area contributed by atoms with E-state index < -0.39 is 0 Å². The van der Waals surface area contributed by atoms with Crippen LogP contribution in [-0.4, -0.2) is 55.8 Å². The Kier molecular flexibility index (Phi) is 10.0. The summed E-state index contributed by atoms with van der Waals surface area (Å²) in [4.78, 5) is 11.2. The van der Waals surface area contributed by atoms with Crippen LogP contribution in [0, 0.1) is 5.92 Å². The molecule has 136 valence electrons. The van der Waals surface area contributed by atoms with Gasteiger partial charge in [-0.3, -0.25) is 0 Å². The molecular weight excluding hydrogens is 419 g/mol. The summed E-state index contributed by atoms with van der Waals surface area (Å²) in [6, 6.07) is 3.93. The van der Waals surface area contributed by atoms with E-state index in [1.165, 1.54) is 0 Å². The van der Waals surface area contributed by atoms with Crippen LogP contribution >= 0.6 is 24.0 Å². The number of halogens is 1. The maximum absolute atomic E-state index is 5.57. The minimum Gasteiger partial charge on any atom is -0.478 e. The lowest BCUT2D eigenvalue weighted by Gasteiger charge is -2.24. The van der Waals surface area contributed by atoms with Crippen LogP contribution in [0.1, 0.15) is 25.8 Å². The number of ether oxygens (including phenoxy) is 2. The van der Waals surface area contributed by atoms with Gasteiger partial charge in [0.05, 0.1) is 19.8 Å². The number of hydrogen-bond acceptors (Lipinski definition) is 4. The highest BCUT2D eigenvalue weighted by molar-refractivity contribution is 14.0. The molecule has 0 saturated carbocycles. The van der Waals surface area contributed by atoms with Crippen LogP contribution in [0.25, 0.3) is 0 Å². The summed E-state index contributed by atoms with van der Waals surface area (Å²) in [6.45, 7) is 8.72. The predicted octanol–water partition coefficient (Wildman–Crippen LogP) is 2.53. The van der Waals surface area contributed by atoms with E-state index in [0.717, 1.165) is 44.2 Å². The van der Waals surface area contributed by atoms with Crippen molar-refractivity contribution in [1.82, 2.24) is 15.2 Å². The second kappa shape index (κ2) is 11.5. The fourth-order valence-electron chi connectivity index (χ4n) is 2.64. The summed E-state index contributed by atoms with van der Waals surface area (Å²) >= 11 is 0. The standard InChI is InChI=1S/C17H28N4O2.HI/c1-4-18-17(21(3)12-14-8-10-22-13-14)20-11-15-7-6-9-19-16(15)23-5-2;/h6-7,9,14H,4-5,8,10-13H2,1-3H3,(H,18,20);1H. The average molecular weight is 448 g/mol. The number of hydrogen-bond donors (Lipinski definition) is 1. The molecule has 2 rings (SSSR count). The Morgan fingerprint density at radius 1 is 1.50 bits per heavy atom. The monoisotopic (exact) mass is 448 g/mol. The molecule has 0 spiro atoms. The van der Waals surface area contributed by atoms with Crippen LogP contribution in [0.3, 0.4) is 0 Å². The van der Waals surface area contributed by atoms with Crippen molar-refractivity contribution in [3.63, 3.8) is 0 Å². The molecule has 0 amide bonds. The van der Waals surface area contributed by atoms with Gasteiger partial charge < -0.3 is 19.7 Å². The first-order chi connectivity index (χ1) is 11.2. The molecule has 1 aromatic rings.